The Balaban J connectivity index is 1.32. The van der Waals surface area contributed by atoms with Gasteiger partial charge >= 0.3 is 12.1 Å². The Bertz CT molecular complexity index is 2470. The van der Waals surface area contributed by atoms with Gasteiger partial charge in [-0.15, -0.1) is 0 Å². The van der Waals surface area contributed by atoms with Crippen molar-refractivity contribution in [3.63, 3.8) is 0 Å². The zero-order chi connectivity index (χ0) is 37.5. The van der Waals surface area contributed by atoms with Crippen LogP contribution in [0.15, 0.2) is 48.5 Å². The maximum Gasteiger partial charge on any atom is 0.435 e. The van der Waals surface area contributed by atoms with Gasteiger partial charge in [-0.05, 0) is 42.3 Å². The summed E-state index contributed by atoms with van der Waals surface area (Å²) in [5, 5.41) is 10.5. The summed E-state index contributed by atoms with van der Waals surface area (Å²) in [5.74, 6) is -5.39. The fourth-order valence-electron chi connectivity index (χ4n) is 6.69. The average Bonchev–Trinajstić information content (AvgIpc) is 3.56. The monoisotopic (exact) mass is 765 g/mol. The largest absolute Gasteiger partial charge is 0.435 e. The number of fused-ring (bicyclic) bond motifs is 4. The lowest BCUT2D eigenvalue weighted by molar-refractivity contribution is -0.142. The van der Waals surface area contributed by atoms with E-state index in [1.165, 1.54) is 16.8 Å². The third kappa shape index (κ3) is 6.21. The first-order chi connectivity index (χ1) is 24.3. The molecule has 3 heterocycles. The second-order valence-corrected chi connectivity index (χ2v) is 14.5. The summed E-state index contributed by atoms with van der Waals surface area (Å²) in [4.78, 5) is 18.1. The lowest BCUT2D eigenvalue weighted by atomic mass is 9.84. The molecule has 2 aliphatic carbocycles. The molecular formula is C33H23ClF7N7O3S. The number of amides is 1. The number of carbonyl (C=O) groups is 1. The number of hydrogen-bond acceptors (Lipinski definition) is 6. The van der Waals surface area contributed by atoms with Gasteiger partial charge in [-0.25, -0.2) is 22.2 Å². The van der Waals surface area contributed by atoms with Crippen molar-refractivity contribution < 1.29 is 43.9 Å². The molecule has 0 saturated heterocycles. The van der Waals surface area contributed by atoms with Crippen LogP contribution >= 0.6 is 11.6 Å². The topological polar surface area (TPSA) is 124 Å². The first kappa shape index (κ1) is 35.3. The van der Waals surface area contributed by atoms with Gasteiger partial charge in [-0.2, -0.15) is 32.1 Å². The number of benzene rings is 2. The van der Waals surface area contributed by atoms with Crippen LogP contribution in [0.4, 0.5) is 36.6 Å². The second kappa shape index (κ2) is 12.2. The zero-order valence-electron chi connectivity index (χ0n) is 26.7. The smallest absolute Gasteiger partial charge is 0.346 e. The van der Waals surface area contributed by atoms with Crippen LogP contribution in [0.3, 0.4) is 0 Å². The van der Waals surface area contributed by atoms with E-state index in [0.717, 1.165) is 18.4 Å². The number of rotatable bonds is 9. The fraction of sp³-hybridized carbons (Fsp3) is 0.273. The summed E-state index contributed by atoms with van der Waals surface area (Å²) < 4.78 is 129. The van der Waals surface area contributed by atoms with Crippen molar-refractivity contribution in [2.75, 3.05) is 11.0 Å². The van der Waals surface area contributed by atoms with Crippen LogP contribution in [0.2, 0.25) is 5.15 Å². The van der Waals surface area contributed by atoms with E-state index in [-0.39, 0.29) is 34.2 Å². The van der Waals surface area contributed by atoms with E-state index in [1.54, 1.807) is 25.2 Å². The molecule has 5 aromatic rings. The maximum atomic E-state index is 15.4. The quantitative estimate of drug-likeness (QED) is 0.107. The molecule has 0 radical (unpaired) electrons. The van der Waals surface area contributed by atoms with Crippen molar-refractivity contribution in [2.45, 2.75) is 37.0 Å². The molecule has 10 nitrogen and oxygen atoms in total. The molecule has 2 aliphatic rings. The lowest BCUT2D eigenvalue weighted by Gasteiger charge is -2.24. The van der Waals surface area contributed by atoms with E-state index in [2.05, 4.69) is 37.1 Å². The minimum absolute atomic E-state index is 0.00558. The van der Waals surface area contributed by atoms with Crippen LogP contribution in [0.5, 0.6) is 0 Å². The number of sulfonamides is 1. The van der Waals surface area contributed by atoms with E-state index in [4.69, 9.17) is 11.6 Å². The minimum Gasteiger partial charge on any atom is -0.346 e. The molecule has 2 N–H and O–H groups in total. The Hall–Kier alpha value is -5.15. The minimum atomic E-state index is -5.12. The molecule has 0 saturated carbocycles. The van der Waals surface area contributed by atoms with Gasteiger partial charge in [0.1, 0.15) is 34.9 Å². The first-order valence-electron chi connectivity index (χ1n) is 15.2. The lowest BCUT2D eigenvalue weighted by Crippen LogP contribution is -2.36. The molecule has 0 aliphatic heterocycles. The molecule has 7 rings (SSSR count). The summed E-state index contributed by atoms with van der Waals surface area (Å²) in [5.41, 5.74) is -2.34. The number of aromatic nitrogens is 5. The van der Waals surface area contributed by atoms with E-state index in [0.29, 0.717) is 27.2 Å². The van der Waals surface area contributed by atoms with Crippen LogP contribution in [0.1, 0.15) is 40.2 Å². The van der Waals surface area contributed by atoms with Gasteiger partial charge in [0.15, 0.2) is 11.5 Å². The normalized spacial score (nSPS) is 17.9. The van der Waals surface area contributed by atoms with Gasteiger partial charge < -0.3 is 5.32 Å². The van der Waals surface area contributed by atoms with Crippen LogP contribution in [0.25, 0.3) is 22.0 Å². The number of hydrogen-bond donors (Lipinski definition) is 2. The summed E-state index contributed by atoms with van der Waals surface area (Å²) in [7, 11) is -2.21. The van der Waals surface area contributed by atoms with Crippen molar-refractivity contribution in [2.24, 2.45) is 13.0 Å². The molecule has 270 valence electrons. The highest BCUT2D eigenvalue weighted by atomic mass is 35.5. The molecule has 0 unspecified atom stereocenters. The number of nitrogens with zero attached hydrogens (tertiary/aromatic N) is 5. The molecule has 0 spiro atoms. The van der Waals surface area contributed by atoms with Gasteiger partial charge in [-0.1, -0.05) is 35.6 Å². The first-order valence-corrected chi connectivity index (χ1v) is 17.5. The van der Waals surface area contributed by atoms with Crippen LogP contribution < -0.4 is 10.0 Å². The number of pyridine rings is 1. The van der Waals surface area contributed by atoms with Crippen molar-refractivity contribution in [3.05, 3.63) is 93.5 Å². The maximum absolute atomic E-state index is 15.4. The van der Waals surface area contributed by atoms with Crippen molar-refractivity contribution in [1.29, 1.82) is 0 Å². The number of alkyl halides is 5. The molecule has 52 heavy (non-hydrogen) atoms. The Morgan fingerprint density at radius 3 is 2.40 bits per heavy atom. The summed E-state index contributed by atoms with van der Waals surface area (Å²) >= 11 is 6.31. The molecule has 3 aromatic heterocycles. The highest BCUT2D eigenvalue weighted by Gasteiger charge is 2.62. The van der Waals surface area contributed by atoms with Gasteiger partial charge in [0.25, 0.3) is 0 Å². The van der Waals surface area contributed by atoms with Crippen LogP contribution in [0, 0.1) is 29.4 Å². The van der Waals surface area contributed by atoms with Gasteiger partial charge in [-0.3, -0.25) is 18.9 Å². The number of nitrogens with one attached hydrogen (secondary N) is 2. The predicted octanol–water partition coefficient (Wildman–Crippen LogP) is 6.08. The van der Waals surface area contributed by atoms with Gasteiger partial charge in [0.05, 0.1) is 29.4 Å². The summed E-state index contributed by atoms with van der Waals surface area (Å²) in [6.07, 6.45) is -4.54. The van der Waals surface area contributed by atoms with E-state index in [9.17, 15) is 35.2 Å². The van der Waals surface area contributed by atoms with Gasteiger partial charge in [0.2, 0.25) is 15.9 Å². The van der Waals surface area contributed by atoms with Crippen molar-refractivity contribution in [1.82, 2.24) is 29.9 Å². The SMILES string of the molecule is Cn1nc(NS(C)(=O)=O)c2cccc(-c3ccc(Cl)nc3[C@H](Cc3cc(F)cc(F)c3)NC(=O)Cn3nc(C(F)(F)F)c4c3C(F)(F)[C@@H]3C#C[C@H]43)c21. The average molecular weight is 766 g/mol. The number of anilines is 1. The number of aryl methyl sites for hydroxylation is 1. The van der Waals surface area contributed by atoms with Crippen molar-refractivity contribution in [3.8, 4) is 23.0 Å². The van der Waals surface area contributed by atoms with Crippen molar-refractivity contribution >= 4 is 44.3 Å². The van der Waals surface area contributed by atoms with E-state index < -0.39 is 81.0 Å². The Morgan fingerprint density at radius 2 is 1.77 bits per heavy atom. The highest BCUT2D eigenvalue weighted by molar-refractivity contribution is 7.92. The molecule has 0 fully saturated rings. The molecule has 3 atom stereocenters. The summed E-state index contributed by atoms with van der Waals surface area (Å²) in [6, 6.07) is 9.03. The second-order valence-electron chi connectivity index (χ2n) is 12.4. The standard InChI is InChI=1S/C33H23ClF7N7O3S/c1-47-28-19(4-3-5-21(28)31(45-47)46-52(2,50)51)18-7-9-24(34)43-27(18)23(12-15-10-16(35)13-17(36)11-15)42-25(49)14-48-30-26(29(44-48)33(39,40)41)20-6-8-22(20)32(30,37)38/h3-5,7,9-11,13,20,22-23H,12,14H2,1-2H3,(H,42,49)(H,45,46)/t20-,22+,23-/m0/s1. The Labute approximate surface area is 295 Å². The molecule has 2 aromatic carbocycles. The number of carbonyl (C=O) groups excluding carboxylic acids is 1. The predicted molar refractivity (Wildman–Crippen MR) is 173 cm³/mol. The highest BCUT2D eigenvalue weighted by Crippen LogP contribution is 2.58. The third-order valence-electron chi connectivity index (χ3n) is 8.65. The van der Waals surface area contributed by atoms with Crippen LogP contribution in [-0.4, -0.2) is 45.1 Å². The third-order valence-corrected chi connectivity index (χ3v) is 9.43. The fourth-order valence-corrected chi connectivity index (χ4v) is 7.34. The molecule has 1 amide bonds. The Kier molecular flexibility index (Phi) is 8.29. The van der Waals surface area contributed by atoms with E-state index >= 15 is 8.78 Å². The van der Waals surface area contributed by atoms with Gasteiger partial charge in [0, 0.05) is 35.2 Å². The molecule has 0 bridgehead atoms. The molecule has 19 heteroatoms. The zero-order valence-corrected chi connectivity index (χ0v) is 28.2. The Morgan fingerprint density at radius 1 is 1.06 bits per heavy atom. The molecular weight excluding hydrogens is 743 g/mol. The van der Waals surface area contributed by atoms with E-state index in [1.807, 2.05) is 0 Å². The number of para-hydroxylation sites is 1. The number of halogens is 8. The van der Waals surface area contributed by atoms with Crippen LogP contribution in [-0.2, 0) is 46.9 Å². The summed E-state index contributed by atoms with van der Waals surface area (Å²) in [6.45, 7) is -1.10.